The summed E-state index contributed by atoms with van der Waals surface area (Å²) in [6.07, 6.45) is 0.971. The lowest BCUT2D eigenvalue weighted by Crippen LogP contribution is -2.49. The van der Waals surface area contributed by atoms with Gasteiger partial charge in [0.1, 0.15) is 17.6 Å². The van der Waals surface area contributed by atoms with E-state index in [1.54, 1.807) is 0 Å². The Hall–Kier alpha value is -2.77. The molecule has 1 fully saturated rings. The Kier molecular flexibility index (Phi) is 7.66. The number of nitrogens with one attached hydrogen (secondary N) is 2. The molecule has 0 unspecified atom stereocenters. The molecule has 0 saturated carbocycles. The molecule has 28 heavy (non-hydrogen) atoms. The van der Waals surface area contributed by atoms with Gasteiger partial charge in [-0.05, 0) is 67.9 Å². The van der Waals surface area contributed by atoms with E-state index in [2.05, 4.69) is 10.6 Å². The Balaban J connectivity index is 0.00000280. The van der Waals surface area contributed by atoms with Gasteiger partial charge in [0.15, 0.2) is 0 Å². The molecule has 150 valence electrons. The van der Waals surface area contributed by atoms with Crippen molar-refractivity contribution in [2.75, 3.05) is 13.1 Å². The average Bonchev–Trinajstić information content (AvgIpc) is 2.88. The number of carbonyl (C=O) groups excluding carboxylic acids is 2. The number of carbonyl (C=O) groups is 2. The number of benzene rings is 2. The molecule has 1 aliphatic rings. The summed E-state index contributed by atoms with van der Waals surface area (Å²) < 4.78 is 5.65. The van der Waals surface area contributed by atoms with Crippen LogP contribution in [0, 0.1) is 0 Å². The lowest BCUT2D eigenvalue weighted by Gasteiger charge is -2.26. The van der Waals surface area contributed by atoms with Gasteiger partial charge in [0.05, 0.1) is 11.6 Å². The molecule has 0 radical (unpaired) electrons. The zero-order valence-corrected chi connectivity index (χ0v) is 15.9. The van der Waals surface area contributed by atoms with E-state index in [9.17, 15) is 19.8 Å². The molecule has 7 nitrogen and oxygen atoms in total. The van der Waals surface area contributed by atoms with Crippen LogP contribution in [0.25, 0.3) is 0 Å². The second-order valence-corrected chi connectivity index (χ2v) is 6.46. The lowest BCUT2D eigenvalue weighted by molar-refractivity contribution is 0.0192. The van der Waals surface area contributed by atoms with Crippen LogP contribution >= 0.6 is 12.4 Å². The fourth-order valence-electron chi connectivity index (χ4n) is 2.97. The molecule has 2 atom stereocenters. The quantitative estimate of drug-likeness (QED) is 0.580. The van der Waals surface area contributed by atoms with Crippen molar-refractivity contribution in [1.82, 2.24) is 10.6 Å². The average molecular weight is 407 g/mol. The van der Waals surface area contributed by atoms with E-state index in [0.717, 1.165) is 13.0 Å². The van der Waals surface area contributed by atoms with Gasteiger partial charge in [0.2, 0.25) is 0 Å². The number of phenols is 2. The molecule has 2 aromatic carbocycles. The Morgan fingerprint density at radius 2 is 1.54 bits per heavy atom. The number of esters is 1. The molecule has 0 bridgehead atoms. The van der Waals surface area contributed by atoms with E-state index < -0.39 is 12.1 Å². The predicted molar refractivity (Wildman–Crippen MR) is 106 cm³/mol. The number of hydrogen-bond donors (Lipinski definition) is 4. The minimum atomic E-state index is -0.495. The second-order valence-electron chi connectivity index (χ2n) is 6.46. The molecule has 1 saturated heterocycles. The molecule has 2 aromatic rings. The zero-order valence-electron chi connectivity index (χ0n) is 15.1. The molecule has 3 rings (SSSR count). The first-order chi connectivity index (χ1) is 13.0. The highest BCUT2D eigenvalue weighted by Crippen LogP contribution is 2.17. The first-order valence-corrected chi connectivity index (χ1v) is 8.83. The number of amides is 1. The van der Waals surface area contributed by atoms with Gasteiger partial charge in [-0.15, -0.1) is 12.4 Å². The number of halogens is 1. The summed E-state index contributed by atoms with van der Waals surface area (Å²) in [4.78, 5) is 24.9. The molecule has 0 spiro atoms. The SMILES string of the molecule is Cl.O=C(N[C@@H]1CNCCC[C@H]1OC(=O)c1ccc(O)cc1)c1ccc(O)cc1. The Bertz CT molecular complexity index is 728. The standard InChI is InChI=1S/C20H22N2O5.ClH/c23-15-7-3-13(4-8-15)19(25)22-17-12-21-11-1-2-18(17)27-20(26)14-5-9-16(24)10-6-14;/h3-10,17-18,21,23-24H,1-2,11-12H2,(H,22,25);1H/t17-,18-;/m1./s1. The summed E-state index contributed by atoms with van der Waals surface area (Å²) in [6, 6.07) is 11.4. The van der Waals surface area contributed by atoms with Gasteiger partial charge in [-0.2, -0.15) is 0 Å². The van der Waals surface area contributed by atoms with Crippen LogP contribution in [0.3, 0.4) is 0 Å². The summed E-state index contributed by atoms with van der Waals surface area (Å²) >= 11 is 0. The Morgan fingerprint density at radius 1 is 0.964 bits per heavy atom. The van der Waals surface area contributed by atoms with Crippen molar-refractivity contribution in [3.8, 4) is 11.5 Å². The van der Waals surface area contributed by atoms with Crippen molar-refractivity contribution in [3.63, 3.8) is 0 Å². The maximum atomic E-state index is 12.5. The third-order valence-electron chi connectivity index (χ3n) is 4.46. The maximum Gasteiger partial charge on any atom is 0.338 e. The van der Waals surface area contributed by atoms with Crippen molar-refractivity contribution in [2.45, 2.75) is 25.0 Å². The summed E-state index contributed by atoms with van der Waals surface area (Å²) in [5.41, 5.74) is 0.759. The largest absolute Gasteiger partial charge is 0.508 e. The van der Waals surface area contributed by atoms with E-state index in [0.29, 0.717) is 24.1 Å². The van der Waals surface area contributed by atoms with Crippen molar-refractivity contribution >= 4 is 24.3 Å². The predicted octanol–water partition coefficient (Wildman–Crippen LogP) is 2.23. The summed E-state index contributed by atoms with van der Waals surface area (Å²) in [5.74, 6) is -0.632. The Labute approximate surface area is 169 Å². The van der Waals surface area contributed by atoms with E-state index in [-0.39, 0.29) is 35.9 Å². The normalized spacial score (nSPS) is 19.0. The molecule has 0 aliphatic carbocycles. The summed E-state index contributed by atoms with van der Waals surface area (Å²) in [6.45, 7) is 1.26. The zero-order chi connectivity index (χ0) is 19.2. The third-order valence-corrected chi connectivity index (χ3v) is 4.46. The smallest absolute Gasteiger partial charge is 0.338 e. The van der Waals surface area contributed by atoms with Crippen LogP contribution < -0.4 is 10.6 Å². The minimum absolute atomic E-state index is 0. The second kappa shape index (κ2) is 9.96. The molecule has 1 amide bonds. The van der Waals surface area contributed by atoms with Crippen molar-refractivity contribution in [2.24, 2.45) is 0 Å². The van der Waals surface area contributed by atoms with Crippen molar-refractivity contribution in [3.05, 3.63) is 59.7 Å². The highest BCUT2D eigenvalue weighted by atomic mass is 35.5. The number of ether oxygens (including phenoxy) is 1. The van der Waals surface area contributed by atoms with E-state index in [1.165, 1.54) is 48.5 Å². The van der Waals surface area contributed by atoms with Crippen LogP contribution in [0.1, 0.15) is 33.6 Å². The van der Waals surface area contributed by atoms with E-state index >= 15 is 0 Å². The molecule has 0 aromatic heterocycles. The van der Waals surface area contributed by atoms with E-state index in [4.69, 9.17) is 4.74 Å². The van der Waals surface area contributed by atoms with Gasteiger partial charge < -0.3 is 25.6 Å². The van der Waals surface area contributed by atoms with E-state index in [1.807, 2.05) is 0 Å². The number of hydrogen-bond acceptors (Lipinski definition) is 6. The first kappa shape index (κ1) is 21.5. The van der Waals surface area contributed by atoms with Crippen molar-refractivity contribution in [1.29, 1.82) is 0 Å². The van der Waals surface area contributed by atoms with Crippen LogP contribution in [-0.2, 0) is 4.74 Å². The van der Waals surface area contributed by atoms with Gasteiger partial charge in [0, 0.05) is 12.1 Å². The fourth-order valence-corrected chi connectivity index (χ4v) is 2.97. The fraction of sp³-hybridized carbons (Fsp3) is 0.300. The summed E-state index contributed by atoms with van der Waals surface area (Å²) in [5, 5.41) is 24.8. The van der Waals surface area contributed by atoms with Crippen LogP contribution in [-0.4, -0.2) is 47.3 Å². The molecule has 1 heterocycles. The monoisotopic (exact) mass is 406 g/mol. The molecule has 1 aliphatic heterocycles. The first-order valence-electron chi connectivity index (χ1n) is 8.83. The van der Waals surface area contributed by atoms with Crippen LogP contribution in [0.4, 0.5) is 0 Å². The lowest BCUT2D eigenvalue weighted by atomic mass is 10.1. The Morgan fingerprint density at radius 3 is 2.14 bits per heavy atom. The number of rotatable bonds is 4. The van der Waals surface area contributed by atoms with Crippen LogP contribution in [0.2, 0.25) is 0 Å². The molecular weight excluding hydrogens is 384 g/mol. The maximum absolute atomic E-state index is 12.5. The summed E-state index contributed by atoms with van der Waals surface area (Å²) in [7, 11) is 0. The number of aromatic hydroxyl groups is 2. The topological polar surface area (TPSA) is 108 Å². The van der Waals surface area contributed by atoms with Gasteiger partial charge in [-0.25, -0.2) is 4.79 Å². The third kappa shape index (κ3) is 5.61. The van der Waals surface area contributed by atoms with Crippen LogP contribution in [0.15, 0.2) is 48.5 Å². The van der Waals surface area contributed by atoms with Gasteiger partial charge in [-0.1, -0.05) is 0 Å². The molecule has 4 N–H and O–H groups in total. The van der Waals surface area contributed by atoms with Gasteiger partial charge in [-0.3, -0.25) is 4.79 Å². The van der Waals surface area contributed by atoms with Gasteiger partial charge in [0.25, 0.3) is 5.91 Å². The minimum Gasteiger partial charge on any atom is -0.508 e. The van der Waals surface area contributed by atoms with Gasteiger partial charge >= 0.3 is 5.97 Å². The molecule has 8 heteroatoms. The van der Waals surface area contributed by atoms with Crippen LogP contribution in [0.5, 0.6) is 11.5 Å². The number of phenolic OH excluding ortho intramolecular Hbond substituents is 2. The van der Waals surface area contributed by atoms with Crippen molar-refractivity contribution < 1.29 is 24.5 Å². The highest BCUT2D eigenvalue weighted by molar-refractivity contribution is 5.94. The molecular formula is C20H23ClN2O5. The highest BCUT2D eigenvalue weighted by Gasteiger charge is 2.29.